The fourth-order valence-corrected chi connectivity index (χ4v) is 3.14. The van der Waals surface area contributed by atoms with Crippen LogP contribution in [0.3, 0.4) is 0 Å². The number of rotatable bonds is 3. The number of benzene rings is 2. The van der Waals surface area contributed by atoms with Gasteiger partial charge in [-0.2, -0.15) is 0 Å². The van der Waals surface area contributed by atoms with Gasteiger partial charge in [0.2, 0.25) is 0 Å². The third-order valence-corrected chi connectivity index (χ3v) is 4.45. The van der Waals surface area contributed by atoms with E-state index in [4.69, 9.17) is 0 Å². The molecule has 0 spiro atoms. The van der Waals surface area contributed by atoms with Gasteiger partial charge in [0, 0.05) is 17.3 Å². The van der Waals surface area contributed by atoms with Crippen LogP contribution < -0.4 is 5.56 Å². The quantitative estimate of drug-likeness (QED) is 0.571. The Morgan fingerprint density at radius 3 is 2.35 bits per heavy atom. The van der Waals surface area contributed by atoms with E-state index in [-0.39, 0.29) is 11.3 Å². The number of aromatic nitrogens is 2. The van der Waals surface area contributed by atoms with Gasteiger partial charge in [-0.3, -0.25) is 14.0 Å². The number of nitrogens with one attached hydrogen (secondary N) is 1. The minimum Gasteiger partial charge on any atom is -0.339 e. The van der Waals surface area contributed by atoms with Gasteiger partial charge in [0.1, 0.15) is 11.5 Å². The molecule has 0 bridgehead atoms. The zero-order chi connectivity index (χ0) is 18.3. The number of hydrogen-bond acceptors (Lipinski definition) is 2. The third-order valence-electron chi connectivity index (χ3n) is 4.45. The Bertz CT molecular complexity index is 1170. The molecule has 2 heterocycles. The van der Waals surface area contributed by atoms with E-state index in [0.717, 1.165) is 17.0 Å². The van der Waals surface area contributed by atoms with Gasteiger partial charge in [0.05, 0.1) is 11.3 Å². The molecule has 4 nitrogen and oxygen atoms in total. The molecule has 2 aromatic heterocycles. The summed E-state index contributed by atoms with van der Waals surface area (Å²) in [5, 5.41) is 0. The molecule has 0 unspecified atom stereocenters. The van der Waals surface area contributed by atoms with Gasteiger partial charge in [0.15, 0.2) is 5.78 Å². The van der Waals surface area contributed by atoms with Crippen LogP contribution in [0.15, 0.2) is 71.5 Å². The summed E-state index contributed by atoms with van der Waals surface area (Å²) in [6.45, 7) is 1.83. The highest BCUT2D eigenvalue weighted by molar-refractivity contribution is 6.12. The van der Waals surface area contributed by atoms with Crippen LogP contribution in [0.1, 0.15) is 21.6 Å². The van der Waals surface area contributed by atoms with E-state index in [1.54, 1.807) is 0 Å². The molecule has 0 amide bonds. The van der Waals surface area contributed by atoms with Crippen molar-refractivity contribution in [1.82, 2.24) is 9.38 Å². The van der Waals surface area contributed by atoms with E-state index in [2.05, 4.69) is 4.98 Å². The lowest BCUT2D eigenvalue weighted by Gasteiger charge is -2.04. The zero-order valence-corrected chi connectivity index (χ0v) is 14.0. The number of halogens is 1. The predicted molar refractivity (Wildman–Crippen MR) is 98.0 cm³/mol. The molecule has 4 aromatic rings. The molecule has 0 radical (unpaired) electrons. The molecule has 128 valence electrons. The van der Waals surface area contributed by atoms with Gasteiger partial charge in [-0.15, -0.1) is 0 Å². The van der Waals surface area contributed by atoms with Crippen LogP contribution >= 0.6 is 0 Å². The SMILES string of the molecule is Cc1c(-c2ccccc2)[nH]c2c(C(=O)c3ccc(F)cc3)ccc(=O)n12. The average Bonchev–Trinajstić information content (AvgIpc) is 3.01. The maximum absolute atomic E-state index is 13.1. The highest BCUT2D eigenvalue weighted by atomic mass is 19.1. The lowest BCUT2D eigenvalue weighted by Crippen LogP contribution is -2.15. The zero-order valence-electron chi connectivity index (χ0n) is 14.0. The van der Waals surface area contributed by atoms with Gasteiger partial charge >= 0.3 is 0 Å². The maximum Gasteiger partial charge on any atom is 0.256 e. The Hall–Kier alpha value is -3.47. The first-order valence-corrected chi connectivity index (χ1v) is 8.16. The Balaban J connectivity index is 1.94. The second-order valence-electron chi connectivity index (χ2n) is 6.06. The van der Waals surface area contributed by atoms with Gasteiger partial charge in [-0.25, -0.2) is 4.39 Å². The molecule has 0 fully saturated rings. The Kier molecular flexibility index (Phi) is 3.77. The summed E-state index contributed by atoms with van der Waals surface area (Å²) >= 11 is 0. The van der Waals surface area contributed by atoms with E-state index in [9.17, 15) is 14.0 Å². The number of carbonyl (C=O) groups is 1. The largest absolute Gasteiger partial charge is 0.339 e. The molecule has 0 atom stereocenters. The second-order valence-corrected chi connectivity index (χ2v) is 6.06. The van der Waals surface area contributed by atoms with Crippen LogP contribution in [-0.2, 0) is 0 Å². The Morgan fingerprint density at radius 2 is 1.65 bits per heavy atom. The van der Waals surface area contributed by atoms with E-state index >= 15 is 0 Å². The number of nitrogens with zero attached hydrogens (tertiary/aromatic N) is 1. The first-order valence-electron chi connectivity index (χ1n) is 8.16. The van der Waals surface area contributed by atoms with Crippen molar-refractivity contribution in [2.45, 2.75) is 6.92 Å². The fraction of sp³-hybridized carbons (Fsp3) is 0.0476. The van der Waals surface area contributed by atoms with E-state index in [0.29, 0.717) is 16.8 Å². The highest BCUT2D eigenvalue weighted by Crippen LogP contribution is 2.25. The standard InChI is InChI=1S/C21H15FN2O2/c1-13-19(14-5-3-2-4-6-14)23-21-17(11-12-18(25)24(13)21)20(26)15-7-9-16(22)10-8-15/h2-12,23H,1H3. The van der Waals surface area contributed by atoms with Crippen LogP contribution in [-0.4, -0.2) is 15.2 Å². The van der Waals surface area contributed by atoms with Crippen molar-refractivity contribution in [3.8, 4) is 11.3 Å². The smallest absolute Gasteiger partial charge is 0.256 e. The average molecular weight is 346 g/mol. The van der Waals surface area contributed by atoms with Crippen molar-refractivity contribution in [2.75, 3.05) is 0 Å². The van der Waals surface area contributed by atoms with Crippen LogP contribution in [0, 0.1) is 12.7 Å². The summed E-state index contributed by atoms with van der Waals surface area (Å²) in [4.78, 5) is 28.5. The van der Waals surface area contributed by atoms with Crippen LogP contribution in [0.5, 0.6) is 0 Å². The first-order chi connectivity index (χ1) is 12.6. The molecule has 5 heteroatoms. The third kappa shape index (κ3) is 2.54. The second kappa shape index (κ2) is 6.11. The fourth-order valence-electron chi connectivity index (χ4n) is 3.14. The van der Waals surface area contributed by atoms with E-state index < -0.39 is 5.82 Å². The Labute approximate surface area is 148 Å². The monoisotopic (exact) mass is 346 g/mol. The van der Waals surface area contributed by atoms with Crippen molar-refractivity contribution in [1.29, 1.82) is 0 Å². The number of H-pyrrole nitrogens is 1. The van der Waals surface area contributed by atoms with Crippen molar-refractivity contribution in [3.05, 3.63) is 99.7 Å². The van der Waals surface area contributed by atoms with Crippen molar-refractivity contribution < 1.29 is 9.18 Å². The van der Waals surface area contributed by atoms with Crippen molar-refractivity contribution >= 4 is 11.4 Å². The number of imidazole rings is 1. The summed E-state index contributed by atoms with van der Waals surface area (Å²) < 4.78 is 14.6. The molecule has 0 saturated heterocycles. The molecule has 0 aliphatic carbocycles. The van der Waals surface area contributed by atoms with Gasteiger partial charge < -0.3 is 4.98 Å². The van der Waals surface area contributed by atoms with Crippen molar-refractivity contribution in [2.24, 2.45) is 0 Å². The van der Waals surface area contributed by atoms with Crippen LogP contribution in [0.4, 0.5) is 4.39 Å². The molecule has 0 saturated carbocycles. The molecule has 2 aromatic carbocycles. The molecule has 1 N–H and O–H groups in total. The molecule has 0 aliphatic rings. The number of aryl methyl sites for hydroxylation is 1. The summed E-state index contributed by atoms with van der Waals surface area (Å²) in [6, 6.07) is 17.9. The van der Waals surface area contributed by atoms with Crippen LogP contribution in [0.2, 0.25) is 0 Å². The first kappa shape index (κ1) is 16.0. The summed E-state index contributed by atoms with van der Waals surface area (Å²) in [5.41, 5.74) is 3.37. The number of ketones is 1. The number of hydrogen-bond donors (Lipinski definition) is 1. The van der Waals surface area contributed by atoms with E-state index in [1.165, 1.54) is 40.8 Å². The Morgan fingerprint density at radius 1 is 0.962 bits per heavy atom. The topological polar surface area (TPSA) is 54.3 Å². The lowest BCUT2D eigenvalue weighted by atomic mass is 10.0. The summed E-state index contributed by atoms with van der Waals surface area (Å²) in [6.07, 6.45) is 0. The number of aromatic amines is 1. The van der Waals surface area contributed by atoms with Gasteiger partial charge in [0.25, 0.3) is 5.56 Å². The summed E-state index contributed by atoms with van der Waals surface area (Å²) in [5.74, 6) is -0.679. The minimum atomic E-state index is -0.405. The van der Waals surface area contributed by atoms with E-state index in [1.807, 2.05) is 37.3 Å². The van der Waals surface area contributed by atoms with Crippen molar-refractivity contribution in [3.63, 3.8) is 0 Å². The molecule has 26 heavy (non-hydrogen) atoms. The molecule has 0 aliphatic heterocycles. The number of pyridine rings is 1. The van der Waals surface area contributed by atoms with Gasteiger partial charge in [-0.05, 0) is 42.8 Å². The summed E-state index contributed by atoms with van der Waals surface area (Å²) in [7, 11) is 0. The maximum atomic E-state index is 13.1. The predicted octanol–water partition coefficient (Wildman–Crippen LogP) is 3.97. The minimum absolute atomic E-state index is 0.216. The lowest BCUT2D eigenvalue weighted by molar-refractivity contribution is 0.103. The number of fused-ring (bicyclic) bond motifs is 1. The normalized spacial score (nSPS) is 11.0. The number of carbonyl (C=O) groups excluding carboxylic acids is 1. The van der Waals surface area contributed by atoms with Crippen LogP contribution in [0.25, 0.3) is 16.9 Å². The molecule has 4 rings (SSSR count). The highest BCUT2D eigenvalue weighted by Gasteiger charge is 2.18. The van der Waals surface area contributed by atoms with Gasteiger partial charge in [-0.1, -0.05) is 30.3 Å². The molecular weight excluding hydrogens is 331 g/mol. The molecular formula is C21H15FN2O2.